The molecule has 12 heteroatoms. The fourth-order valence-corrected chi connectivity index (χ4v) is 6.61. The number of hydrogen-bond donors (Lipinski definition) is 2. The van der Waals surface area contributed by atoms with Crippen LogP contribution < -0.4 is 15.5 Å². The number of morpholine rings is 1. The van der Waals surface area contributed by atoms with Crippen molar-refractivity contribution in [3.63, 3.8) is 0 Å². The van der Waals surface area contributed by atoms with Gasteiger partial charge in [0.15, 0.2) is 15.7 Å². The van der Waals surface area contributed by atoms with Gasteiger partial charge in [-0.2, -0.15) is 0 Å². The molecule has 1 atom stereocenters. The normalized spacial score (nSPS) is 18.6. The van der Waals surface area contributed by atoms with Crippen molar-refractivity contribution in [2.75, 3.05) is 37.0 Å². The summed E-state index contributed by atoms with van der Waals surface area (Å²) < 4.78 is 60.1. The maximum atomic E-state index is 14.6. The maximum Gasteiger partial charge on any atom is 0.318 e. The summed E-state index contributed by atoms with van der Waals surface area (Å²) in [5, 5.41) is 5.15. The third kappa shape index (κ3) is 4.69. The van der Waals surface area contributed by atoms with Gasteiger partial charge < -0.3 is 20.3 Å². The molecule has 0 spiro atoms. The van der Waals surface area contributed by atoms with Crippen molar-refractivity contribution in [2.45, 2.75) is 35.4 Å². The molecule has 0 bridgehead atoms. The van der Waals surface area contributed by atoms with E-state index >= 15 is 0 Å². The molecule has 2 heterocycles. The topological polar surface area (TPSA) is 114 Å². The first kappa shape index (κ1) is 26.0. The van der Waals surface area contributed by atoms with Crippen molar-refractivity contribution >= 4 is 27.4 Å². The molecule has 2 aromatic carbocycles. The Morgan fingerprint density at radius 3 is 2.50 bits per heavy atom. The molecule has 1 saturated carbocycles. The highest BCUT2D eigenvalue weighted by Crippen LogP contribution is 2.55. The summed E-state index contributed by atoms with van der Waals surface area (Å²) in [7, 11) is -2.81. The van der Waals surface area contributed by atoms with Gasteiger partial charge in [0, 0.05) is 30.9 Å². The van der Waals surface area contributed by atoms with E-state index in [2.05, 4.69) is 15.6 Å². The molecule has 9 nitrogen and oxygen atoms in total. The van der Waals surface area contributed by atoms with Crippen LogP contribution in [0.3, 0.4) is 0 Å². The van der Waals surface area contributed by atoms with Crippen molar-refractivity contribution in [3.05, 3.63) is 65.9 Å². The Kier molecular flexibility index (Phi) is 6.78. The number of carbonyl (C=O) groups excluding carboxylic acids is 1. The number of anilines is 2. The molecule has 2 aliphatic rings. The Morgan fingerprint density at radius 1 is 1.11 bits per heavy atom. The number of rotatable bonds is 6. The second-order valence-electron chi connectivity index (χ2n) is 9.41. The van der Waals surface area contributed by atoms with Gasteiger partial charge in [-0.25, -0.2) is 32.0 Å². The molecule has 2 amide bonds. The fourth-order valence-electron chi connectivity index (χ4n) is 4.58. The van der Waals surface area contributed by atoms with Crippen LogP contribution in [0.15, 0.2) is 53.4 Å². The summed E-state index contributed by atoms with van der Waals surface area (Å²) >= 11 is 0. The Hall–Kier alpha value is -3.64. The van der Waals surface area contributed by atoms with Crippen LogP contribution in [0.4, 0.5) is 25.1 Å². The smallest absolute Gasteiger partial charge is 0.318 e. The molecule has 3 aromatic rings. The van der Waals surface area contributed by atoms with Gasteiger partial charge in [-0.05, 0) is 62.2 Å². The molecule has 0 unspecified atom stereocenters. The third-order valence-corrected chi connectivity index (χ3v) is 9.41. The van der Waals surface area contributed by atoms with E-state index in [1.807, 2.05) is 11.8 Å². The quantitative estimate of drug-likeness (QED) is 0.485. The minimum atomic E-state index is -4.32. The summed E-state index contributed by atoms with van der Waals surface area (Å²) in [6.45, 7) is 3.49. The van der Waals surface area contributed by atoms with E-state index in [-0.39, 0.29) is 36.4 Å². The van der Waals surface area contributed by atoms with E-state index in [1.54, 1.807) is 30.3 Å². The van der Waals surface area contributed by atoms with E-state index in [1.165, 1.54) is 7.05 Å². The molecule has 5 rings (SSSR count). The van der Waals surface area contributed by atoms with Crippen LogP contribution in [-0.4, -0.2) is 57.3 Å². The monoisotopic (exact) mass is 543 g/mol. The Labute approximate surface area is 219 Å². The number of aromatic nitrogens is 2. The number of halogens is 2. The second kappa shape index (κ2) is 9.91. The number of benzene rings is 2. The SMILES string of the molecule is CNC(=O)Nc1ccc(-c2nc(N3CCOC[C@@H]3C)cc(C3(S(=O)(=O)c4cc(F)ccc4F)CC3)n2)cc1. The molecule has 38 heavy (non-hydrogen) atoms. The Morgan fingerprint density at radius 2 is 1.84 bits per heavy atom. The van der Waals surface area contributed by atoms with Crippen LogP contribution in [0.25, 0.3) is 11.4 Å². The summed E-state index contributed by atoms with van der Waals surface area (Å²) in [6, 6.07) is 10.5. The second-order valence-corrected chi connectivity index (χ2v) is 11.6. The lowest BCUT2D eigenvalue weighted by molar-refractivity contribution is 0.0985. The highest BCUT2D eigenvalue weighted by atomic mass is 32.2. The number of sulfone groups is 1. The van der Waals surface area contributed by atoms with E-state index in [9.17, 15) is 22.0 Å². The zero-order valence-electron chi connectivity index (χ0n) is 20.9. The highest BCUT2D eigenvalue weighted by molar-refractivity contribution is 7.92. The van der Waals surface area contributed by atoms with Crippen molar-refractivity contribution in [2.24, 2.45) is 0 Å². The largest absolute Gasteiger partial charge is 0.377 e. The zero-order chi connectivity index (χ0) is 27.1. The van der Waals surface area contributed by atoms with Crippen molar-refractivity contribution < 1.29 is 26.7 Å². The average Bonchev–Trinajstić information content (AvgIpc) is 3.73. The number of nitrogens with one attached hydrogen (secondary N) is 2. The van der Waals surface area contributed by atoms with Gasteiger partial charge in [0.05, 0.1) is 24.9 Å². The first-order valence-corrected chi connectivity index (χ1v) is 13.7. The standard InChI is InChI=1S/C26H27F2N5O4S/c1-16-15-37-12-11-33(16)23-14-22(26(9-10-26)38(35,36)21-13-18(27)5-8-20(21)28)31-24(32-23)17-3-6-19(7-4-17)30-25(34)29-2/h3-8,13-14,16H,9-12,15H2,1-2H3,(H2,29,30,34)/t16-/m0/s1. The number of amides is 2. The first-order chi connectivity index (χ1) is 18.1. The van der Waals surface area contributed by atoms with Gasteiger partial charge in [-0.3, -0.25) is 0 Å². The van der Waals surface area contributed by atoms with Gasteiger partial charge >= 0.3 is 6.03 Å². The van der Waals surface area contributed by atoms with Crippen LogP contribution in [0.5, 0.6) is 0 Å². The lowest BCUT2D eigenvalue weighted by Gasteiger charge is -2.34. The van der Waals surface area contributed by atoms with E-state index in [0.717, 1.165) is 18.2 Å². The van der Waals surface area contributed by atoms with Crippen molar-refractivity contribution in [3.8, 4) is 11.4 Å². The maximum absolute atomic E-state index is 14.6. The van der Waals surface area contributed by atoms with Gasteiger partial charge in [0.1, 0.15) is 27.1 Å². The minimum Gasteiger partial charge on any atom is -0.377 e. The van der Waals surface area contributed by atoms with Crippen LogP contribution in [0, 0.1) is 11.6 Å². The number of hydrogen-bond acceptors (Lipinski definition) is 7. The molecular formula is C26H27F2N5O4S. The van der Waals surface area contributed by atoms with Crippen LogP contribution in [0.1, 0.15) is 25.5 Å². The lowest BCUT2D eigenvalue weighted by atomic mass is 10.1. The fraction of sp³-hybridized carbons (Fsp3) is 0.346. The van der Waals surface area contributed by atoms with Gasteiger partial charge in [-0.1, -0.05) is 0 Å². The van der Waals surface area contributed by atoms with Crippen LogP contribution >= 0.6 is 0 Å². The summed E-state index contributed by atoms with van der Waals surface area (Å²) in [4.78, 5) is 22.4. The zero-order valence-corrected chi connectivity index (χ0v) is 21.7. The molecule has 1 aliphatic heterocycles. The average molecular weight is 544 g/mol. The summed E-state index contributed by atoms with van der Waals surface area (Å²) in [6.07, 6.45) is 0.434. The molecule has 1 aliphatic carbocycles. The highest BCUT2D eigenvalue weighted by Gasteiger charge is 2.58. The molecule has 2 fully saturated rings. The van der Waals surface area contributed by atoms with E-state index < -0.39 is 31.1 Å². The van der Waals surface area contributed by atoms with Crippen LogP contribution in [-0.2, 0) is 19.3 Å². The molecule has 1 saturated heterocycles. The lowest BCUT2D eigenvalue weighted by Crippen LogP contribution is -2.44. The van der Waals surface area contributed by atoms with Crippen molar-refractivity contribution in [1.82, 2.24) is 15.3 Å². The Bertz CT molecular complexity index is 1480. The minimum absolute atomic E-state index is 0.0223. The summed E-state index contributed by atoms with van der Waals surface area (Å²) in [5.74, 6) is -1.04. The molecule has 2 N–H and O–H groups in total. The van der Waals surface area contributed by atoms with Gasteiger partial charge in [-0.15, -0.1) is 0 Å². The predicted molar refractivity (Wildman–Crippen MR) is 138 cm³/mol. The van der Waals surface area contributed by atoms with Gasteiger partial charge in [0.25, 0.3) is 0 Å². The summed E-state index contributed by atoms with van der Waals surface area (Å²) in [5.41, 5.74) is 1.38. The van der Waals surface area contributed by atoms with Gasteiger partial charge in [0.2, 0.25) is 0 Å². The number of nitrogens with zero attached hydrogens (tertiary/aromatic N) is 3. The Balaban J connectivity index is 1.61. The molecule has 1 aromatic heterocycles. The molecule has 0 radical (unpaired) electrons. The van der Waals surface area contributed by atoms with Crippen molar-refractivity contribution in [1.29, 1.82) is 0 Å². The molecule has 200 valence electrons. The number of ether oxygens (including phenoxy) is 1. The predicted octanol–water partition coefficient (Wildman–Crippen LogP) is 3.86. The first-order valence-electron chi connectivity index (χ1n) is 12.2. The van der Waals surface area contributed by atoms with Crippen LogP contribution in [0.2, 0.25) is 0 Å². The third-order valence-electron chi connectivity index (χ3n) is 6.87. The number of urea groups is 1. The molecular weight excluding hydrogens is 516 g/mol. The van der Waals surface area contributed by atoms with E-state index in [4.69, 9.17) is 9.72 Å². The van der Waals surface area contributed by atoms with E-state index in [0.29, 0.717) is 36.8 Å². The number of carbonyl (C=O) groups is 1.